The Morgan fingerprint density at radius 1 is 1.00 bits per heavy atom. The van der Waals surface area contributed by atoms with Gasteiger partial charge in [0.05, 0.1) is 23.9 Å². The van der Waals surface area contributed by atoms with Gasteiger partial charge in [0.2, 0.25) is 0 Å². The van der Waals surface area contributed by atoms with Crippen LogP contribution in [0.25, 0.3) is 0 Å². The lowest BCUT2D eigenvalue weighted by Gasteiger charge is -2.55. The maximum Gasteiger partial charge on any atom is 0.174 e. The largest absolute Gasteiger partial charge is 0.412 e. The summed E-state index contributed by atoms with van der Waals surface area (Å²) in [5, 5.41) is 0.108. The molecular weight excluding hydrogens is 323 g/mol. The molecule has 0 bridgehead atoms. The van der Waals surface area contributed by atoms with E-state index in [1.54, 1.807) is 0 Å². The van der Waals surface area contributed by atoms with E-state index in [0.29, 0.717) is 0 Å². The Kier molecular flexibility index (Phi) is 6.69. The van der Waals surface area contributed by atoms with E-state index < -0.39 is 15.4 Å². The van der Waals surface area contributed by atoms with E-state index in [9.17, 15) is 0 Å². The van der Waals surface area contributed by atoms with Crippen LogP contribution in [0.3, 0.4) is 0 Å². The summed E-state index contributed by atoms with van der Waals surface area (Å²) in [6, 6.07) is 1.31. The third-order valence-electron chi connectivity index (χ3n) is 5.36. The zero-order valence-corrected chi connectivity index (χ0v) is 17.6. The van der Waals surface area contributed by atoms with Crippen LogP contribution in [0.5, 0.6) is 0 Å². The highest BCUT2D eigenvalue weighted by Gasteiger charge is 2.57. The molecule has 0 aliphatic carbocycles. The molecule has 0 spiro atoms. The lowest BCUT2D eigenvalue weighted by Crippen LogP contribution is -2.69. The van der Waals surface area contributed by atoms with Crippen molar-refractivity contribution in [1.82, 2.24) is 0 Å². The number of alkyl halides is 2. The molecule has 1 saturated heterocycles. The van der Waals surface area contributed by atoms with Gasteiger partial charge in [-0.25, -0.2) is 0 Å². The molecule has 2 unspecified atom stereocenters. The van der Waals surface area contributed by atoms with Gasteiger partial charge >= 0.3 is 0 Å². The summed E-state index contributed by atoms with van der Waals surface area (Å²) in [5.74, 6) is 0. The summed E-state index contributed by atoms with van der Waals surface area (Å²) in [6.45, 7) is 14.1. The number of hydrogen-bond acceptors (Lipinski definition) is 1. The maximum atomic E-state index is 6.84. The maximum absolute atomic E-state index is 6.84. The van der Waals surface area contributed by atoms with Gasteiger partial charge in [0, 0.05) is 0 Å². The van der Waals surface area contributed by atoms with Gasteiger partial charge in [-0.1, -0.05) is 45.8 Å². The van der Waals surface area contributed by atoms with Crippen LogP contribution in [0, 0.1) is 0 Å². The molecule has 0 aromatic carbocycles. The van der Waals surface area contributed by atoms with Gasteiger partial charge in [-0.05, 0) is 32.4 Å². The molecule has 1 aliphatic rings. The first-order valence-corrected chi connectivity index (χ1v) is 16.1. The Hall–Kier alpha value is 0.974. The van der Waals surface area contributed by atoms with Crippen LogP contribution in [-0.4, -0.2) is 31.8 Å². The fraction of sp³-hybridized carbons (Fsp3) is 1.00. The van der Waals surface area contributed by atoms with Gasteiger partial charge < -0.3 is 4.43 Å². The normalized spacial score (nSPS) is 31.8. The summed E-state index contributed by atoms with van der Waals surface area (Å²) < 4.78 is 6.84. The summed E-state index contributed by atoms with van der Waals surface area (Å²) in [7, 11) is -2.91. The second kappa shape index (κ2) is 7.03. The van der Waals surface area contributed by atoms with Crippen LogP contribution in [-0.2, 0) is 4.43 Å². The molecule has 5 heteroatoms. The highest BCUT2D eigenvalue weighted by atomic mass is 35.5. The summed E-state index contributed by atoms with van der Waals surface area (Å²) in [6.07, 6.45) is 5.25. The molecule has 0 amide bonds. The molecule has 1 nitrogen and oxygen atoms in total. The van der Waals surface area contributed by atoms with Gasteiger partial charge in [-0.3, -0.25) is 0 Å². The predicted molar refractivity (Wildman–Crippen MR) is 97.3 cm³/mol. The van der Waals surface area contributed by atoms with Crippen molar-refractivity contribution < 1.29 is 4.43 Å². The second-order valence-electron chi connectivity index (χ2n) is 7.46. The quantitative estimate of drug-likeness (QED) is 0.422. The van der Waals surface area contributed by atoms with Crippen LogP contribution >= 0.6 is 23.2 Å². The van der Waals surface area contributed by atoms with Crippen molar-refractivity contribution in [3.8, 4) is 0 Å². The van der Waals surface area contributed by atoms with Crippen molar-refractivity contribution in [2.75, 3.05) is 0 Å². The molecule has 0 radical (unpaired) electrons. The second-order valence-corrected chi connectivity index (χ2v) is 23.7. The van der Waals surface area contributed by atoms with Gasteiger partial charge in [0.25, 0.3) is 0 Å². The van der Waals surface area contributed by atoms with Crippen molar-refractivity contribution in [3.05, 3.63) is 0 Å². The number of hydrogen-bond donors (Lipinski definition) is 0. The average Bonchev–Trinajstić information content (AvgIpc) is 2.33. The predicted octanol–water partition coefficient (Wildman–Crippen LogP) is 5.95. The highest BCUT2D eigenvalue weighted by Crippen LogP contribution is 2.47. The zero-order valence-electron chi connectivity index (χ0n) is 14.1. The molecule has 0 saturated carbocycles. The minimum Gasteiger partial charge on any atom is -0.412 e. The SMILES string of the molecule is CCCC(Cl)C1(C(Cl)CCC)CC[Si](C)(C)[Si](C)(C)O1. The van der Waals surface area contributed by atoms with Crippen molar-refractivity contribution in [2.45, 2.75) is 94.5 Å². The van der Waals surface area contributed by atoms with Crippen molar-refractivity contribution in [1.29, 1.82) is 0 Å². The molecule has 0 N–H and O–H groups in total. The van der Waals surface area contributed by atoms with E-state index in [4.69, 9.17) is 27.6 Å². The molecule has 0 aromatic heterocycles. The first kappa shape index (κ1) is 19.0. The van der Waals surface area contributed by atoms with Gasteiger partial charge in [0.15, 0.2) is 7.83 Å². The molecule has 20 heavy (non-hydrogen) atoms. The van der Waals surface area contributed by atoms with E-state index in [-0.39, 0.29) is 16.4 Å². The minimum atomic E-state index is -1.67. The van der Waals surface area contributed by atoms with Gasteiger partial charge in [-0.15, -0.1) is 23.2 Å². The first-order valence-electron chi connectivity index (χ1n) is 8.11. The van der Waals surface area contributed by atoms with E-state index in [1.807, 2.05) is 0 Å². The van der Waals surface area contributed by atoms with Crippen molar-refractivity contribution in [3.63, 3.8) is 0 Å². The Bertz CT molecular complexity index is 309. The molecule has 2 atom stereocenters. The Labute approximate surface area is 137 Å². The average molecular weight is 355 g/mol. The molecular formula is C15H32Cl2OSi2. The Balaban J connectivity index is 3.07. The smallest absolute Gasteiger partial charge is 0.174 e. The van der Waals surface area contributed by atoms with Crippen LogP contribution in [0.1, 0.15) is 46.0 Å². The number of halogens is 2. The molecule has 0 aromatic rings. The minimum absolute atomic E-state index is 0.0541. The van der Waals surface area contributed by atoms with Gasteiger partial charge in [0.1, 0.15) is 0 Å². The lowest BCUT2D eigenvalue weighted by atomic mass is 9.87. The van der Waals surface area contributed by atoms with Crippen LogP contribution in [0.15, 0.2) is 0 Å². The zero-order chi connectivity index (χ0) is 15.6. The van der Waals surface area contributed by atoms with Crippen molar-refractivity contribution in [2.24, 2.45) is 0 Å². The highest BCUT2D eigenvalue weighted by molar-refractivity contribution is 7.38. The van der Waals surface area contributed by atoms with Crippen LogP contribution in [0.4, 0.5) is 0 Å². The molecule has 1 aliphatic heterocycles. The van der Waals surface area contributed by atoms with E-state index in [1.165, 1.54) is 6.04 Å². The monoisotopic (exact) mass is 354 g/mol. The first-order chi connectivity index (χ1) is 9.13. The van der Waals surface area contributed by atoms with E-state index in [2.05, 4.69) is 40.0 Å². The van der Waals surface area contributed by atoms with Gasteiger partial charge in [-0.2, -0.15) is 0 Å². The topological polar surface area (TPSA) is 9.23 Å². The van der Waals surface area contributed by atoms with E-state index in [0.717, 1.165) is 32.1 Å². The molecule has 1 rings (SSSR count). The molecule has 1 heterocycles. The molecule has 120 valence electrons. The van der Waals surface area contributed by atoms with E-state index >= 15 is 0 Å². The fourth-order valence-corrected chi connectivity index (χ4v) is 11.2. The number of rotatable bonds is 6. The summed E-state index contributed by atoms with van der Waals surface area (Å²) in [4.78, 5) is 0. The summed E-state index contributed by atoms with van der Waals surface area (Å²) in [5.41, 5.74) is -0.284. The summed E-state index contributed by atoms with van der Waals surface area (Å²) >= 11 is 13.6. The third-order valence-corrected chi connectivity index (χ3v) is 23.0. The van der Waals surface area contributed by atoms with Crippen LogP contribution < -0.4 is 0 Å². The molecule has 1 fully saturated rings. The standard InChI is InChI=1S/C15H32Cl2OSi2/c1-7-9-13(16)15(14(17)10-8-2)11-12-19(3,4)20(5,6)18-15/h13-14H,7-12H2,1-6H3. The Morgan fingerprint density at radius 3 is 1.80 bits per heavy atom. The van der Waals surface area contributed by atoms with Crippen molar-refractivity contribution >= 4 is 38.6 Å². The van der Waals surface area contributed by atoms with Crippen LogP contribution in [0.2, 0.25) is 32.2 Å². The fourth-order valence-electron chi connectivity index (χ4n) is 3.11. The third kappa shape index (κ3) is 3.65. The Morgan fingerprint density at radius 2 is 1.45 bits per heavy atom. The lowest BCUT2D eigenvalue weighted by molar-refractivity contribution is 0.0388.